The predicted octanol–water partition coefficient (Wildman–Crippen LogP) is 3.05. The number of imidazole rings is 1. The van der Waals surface area contributed by atoms with Crippen molar-refractivity contribution in [3.63, 3.8) is 0 Å². The van der Waals surface area contributed by atoms with Gasteiger partial charge in [0.15, 0.2) is 0 Å². The molecule has 5 heteroatoms. The van der Waals surface area contributed by atoms with Crippen LogP contribution in [0.25, 0.3) is 11.3 Å². The van der Waals surface area contributed by atoms with Gasteiger partial charge in [-0.25, -0.2) is 4.98 Å². The van der Waals surface area contributed by atoms with Gasteiger partial charge < -0.3 is 9.72 Å². The third kappa shape index (κ3) is 3.22. The second kappa shape index (κ2) is 6.95. The van der Waals surface area contributed by atoms with Crippen LogP contribution in [0.1, 0.15) is 17.4 Å². The fraction of sp³-hybridized carbons (Fsp3) is 0.263. The van der Waals surface area contributed by atoms with Gasteiger partial charge in [0.1, 0.15) is 5.82 Å². The van der Waals surface area contributed by atoms with E-state index in [9.17, 15) is 0 Å². The van der Waals surface area contributed by atoms with Crippen LogP contribution in [0.5, 0.6) is 0 Å². The fourth-order valence-corrected chi connectivity index (χ4v) is 3.08. The van der Waals surface area contributed by atoms with E-state index in [0.29, 0.717) is 6.61 Å². The summed E-state index contributed by atoms with van der Waals surface area (Å²) in [5, 5.41) is 0. The Bertz CT molecular complexity index is 772. The van der Waals surface area contributed by atoms with E-state index in [0.717, 1.165) is 36.8 Å². The van der Waals surface area contributed by atoms with Crippen LogP contribution in [0.4, 0.5) is 0 Å². The quantitative estimate of drug-likeness (QED) is 0.803. The molecule has 1 N–H and O–H groups in total. The topological polar surface area (TPSA) is 54.0 Å². The average molecular weight is 320 g/mol. The Morgan fingerprint density at radius 1 is 1.12 bits per heavy atom. The van der Waals surface area contributed by atoms with Crippen molar-refractivity contribution in [2.75, 3.05) is 19.8 Å². The van der Waals surface area contributed by atoms with E-state index in [1.807, 2.05) is 24.4 Å². The van der Waals surface area contributed by atoms with Crippen molar-refractivity contribution in [1.82, 2.24) is 19.9 Å². The summed E-state index contributed by atoms with van der Waals surface area (Å²) in [6.07, 6.45) is 5.47. The van der Waals surface area contributed by atoms with Gasteiger partial charge in [-0.15, -0.1) is 0 Å². The second-order valence-corrected chi connectivity index (χ2v) is 5.96. The number of hydrogen-bond donors (Lipinski definition) is 1. The summed E-state index contributed by atoms with van der Waals surface area (Å²) in [5.74, 6) is 0.956. The molecule has 1 saturated heterocycles. The van der Waals surface area contributed by atoms with Gasteiger partial charge in [0.2, 0.25) is 0 Å². The van der Waals surface area contributed by atoms with Crippen molar-refractivity contribution in [2.24, 2.45) is 0 Å². The molecule has 0 bridgehead atoms. The Morgan fingerprint density at radius 3 is 2.79 bits per heavy atom. The lowest BCUT2D eigenvalue weighted by Crippen LogP contribution is -2.39. The SMILES string of the molecule is c1ccc(CN2CCOC[C@H]2c2ncc(-c3ccncc3)[nH]2)cc1. The molecule has 0 unspecified atom stereocenters. The van der Waals surface area contributed by atoms with Crippen LogP contribution in [0.2, 0.25) is 0 Å². The first-order valence-electron chi connectivity index (χ1n) is 8.21. The summed E-state index contributed by atoms with van der Waals surface area (Å²) in [7, 11) is 0. The molecule has 122 valence electrons. The standard InChI is InChI=1S/C19H20N4O/c1-2-4-15(5-3-1)13-23-10-11-24-14-18(23)19-21-12-17(22-19)16-6-8-20-9-7-16/h1-9,12,18H,10-11,13-14H2,(H,21,22)/t18-/m0/s1. The Morgan fingerprint density at radius 2 is 1.96 bits per heavy atom. The maximum Gasteiger partial charge on any atom is 0.126 e. The minimum Gasteiger partial charge on any atom is -0.378 e. The summed E-state index contributed by atoms with van der Waals surface area (Å²) < 4.78 is 5.71. The second-order valence-electron chi connectivity index (χ2n) is 5.96. The van der Waals surface area contributed by atoms with Gasteiger partial charge >= 0.3 is 0 Å². The number of benzene rings is 1. The average Bonchev–Trinajstić information content (AvgIpc) is 3.14. The number of H-pyrrole nitrogens is 1. The van der Waals surface area contributed by atoms with Crippen molar-refractivity contribution in [2.45, 2.75) is 12.6 Å². The molecule has 3 heterocycles. The molecule has 24 heavy (non-hydrogen) atoms. The van der Waals surface area contributed by atoms with Gasteiger partial charge in [-0.3, -0.25) is 9.88 Å². The molecular formula is C19H20N4O. The summed E-state index contributed by atoms with van der Waals surface area (Å²) in [4.78, 5) is 14.6. The molecule has 0 spiro atoms. The lowest BCUT2D eigenvalue weighted by Gasteiger charge is -2.34. The molecule has 1 fully saturated rings. The Kier molecular flexibility index (Phi) is 4.36. The van der Waals surface area contributed by atoms with Gasteiger partial charge in [0.25, 0.3) is 0 Å². The molecule has 0 aliphatic carbocycles. The number of aromatic amines is 1. The summed E-state index contributed by atoms with van der Waals surface area (Å²) >= 11 is 0. The van der Waals surface area contributed by atoms with E-state index in [-0.39, 0.29) is 6.04 Å². The van der Waals surface area contributed by atoms with Crippen LogP contribution < -0.4 is 0 Å². The molecule has 2 aromatic heterocycles. The van der Waals surface area contributed by atoms with Crippen molar-refractivity contribution in [1.29, 1.82) is 0 Å². The van der Waals surface area contributed by atoms with Gasteiger partial charge in [-0.2, -0.15) is 0 Å². The van der Waals surface area contributed by atoms with Crippen LogP contribution in [-0.2, 0) is 11.3 Å². The third-order valence-corrected chi connectivity index (χ3v) is 4.37. The highest BCUT2D eigenvalue weighted by molar-refractivity contribution is 5.57. The molecule has 1 aromatic carbocycles. The first-order chi connectivity index (χ1) is 11.9. The van der Waals surface area contributed by atoms with E-state index in [2.05, 4.69) is 44.1 Å². The molecule has 4 rings (SSSR count). The zero-order valence-corrected chi connectivity index (χ0v) is 13.4. The third-order valence-electron chi connectivity index (χ3n) is 4.37. The molecule has 1 aliphatic rings. The Labute approximate surface area is 141 Å². The summed E-state index contributed by atoms with van der Waals surface area (Å²) in [5.41, 5.74) is 3.41. The fourth-order valence-electron chi connectivity index (χ4n) is 3.08. The van der Waals surface area contributed by atoms with E-state index >= 15 is 0 Å². The molecular weight excluding hydrogens is 300 g/mol. The minimum absolute atomic E-state index is 0.148. The van der Waals surface area contributed by atoms with Crippen molar-refractivity contribution < 1.29 is 4.74 Å². The first kappa shape index (κ1) is 15.1. The Balaban J connectivity index is 1.56. The smallest absolute Gasteiger partial charge is 0.126 e. The van der Waals surface area contributed by atoms with E-state index in [1.54, 1.807) is 12.4 Å². The number of nitrogens with one attached hydrogen (secondary N) is 1. The highest BCUT2D eigenvalue weighted by Gasteiger charge is 2.27. The normalized spacial score (nSPS) is 18.6. The molecule has 3 aromatic rings. The van der Waals surface area contributed by atoms with Crippen molar-refractivity contribution >= 4 is 0 Å². The number of rotatable bonds is 4. The van der Waals surface area contributed by atoms with Crippen LogP contribution >= 0.6 is 0 Å². The van der Waals surface area contributed by atoms with Gasteiger partial charge in [-0.1, -0.05) is 30.3 Å². The van der Waals surface area contributed by atoms with Crippen LogP contribution in [0, 0.1) is 0 Å². The highest BCUT2D eigenvalue weighted by atomic mass is 16.5. The highest BCUT2D eigenvalue weighted by Crippen LogP contribution is 2.26. The van der Waals surface area contributed by atoms with Gasteiger partial charge in [0, 0.05) is 31.0 Å². The maximum atomic E-state index is 5.71. The monoisotopic (exact) mass is 320 g/mol. The van der Waals surface area contributed by atoms with Crippen LogP contribution in [-0.4, -0.2) is 39.6 Å². The molecule has 0 radical (unpaired) electrons. The zero-order valence-electron chi connectivity index (χ0n) is 13.4. The molecule has 5 nitrogen and oxygen atoms in total. The summed E-state index contributed by atoms with van der Waals surface area (Å²) in [6, 6.07) is 14.7. The number of pyridine rings is 1. The van der Waals surface area contributed by atoms with E-state index in [4.69, 9.17) is 4.74 Å². The molecule has 1 aliphatic heterocycles. The molecule has 0 saturated carbocycles. The number of nitrogens with zero attached hydrogens (tertiary/aromatic N) is 3. The first-order valence-corrected chi connectivity index (χ1v) is 8.21. The number of hydrogen-bond acceptors (Lipinski definition) is 4. The lowest BCUT2D eigenvalue weighted by molar-refractivity contribution is -0.0156. The molecule has 1 atom stereocenters. The molecule has 0 amide bonds. The number of ether oxygens (including phenoxy) is 1. The van der Waals surface area contributed by atoms with Crippen molar-refractivity contribution in [3.05, 3.63) is 72.4 Å². The number of morpholine rings is 1. The van der Waals surface area contributed by atoms with Gasteiger partial charge in [-0.05, 0) is 17.7 Å². The largest absolute Gasteiger partial charge is 0.378 e. The minimum atomic E-state index is 0.148. The van der Waals surface area contributed by atoms with Crippen molar-refractivity contribution in [3.8, 4) is 11.3 Å². The van der Waals surface area contributed by atoms with Gasteiger partial charge in [0.05, 0.1) is 31.1 Å². The lowest BCUT2D eigenvalue weighted by atomic mass is 10.1. The predicted molar refractivity (Wildman–Crippen MR) is 92.2 cm³/mol. The summed E-state index contributed by atoms with van der Waals surface area (Å²) in [6.45, 7) is 3.24. The van der Waals surface area contributed by atoms with E-state index in [1.165, 1.54) is 5.56 Å². The van der Waals surface area contributed by atoms with E-state index < -0.39 is 0 Å². The van der Waals surface area contributed by atoms with Crippen LogP contribution in [0.15, 0.2) is 61.1 Å². The zero-order chi connectivity index (χ0) is 16.2. The maximum absolute atomic E-state index is 5.71. The van der Waals surface area contributed by atoms with Crippen LogP contribution in [0.3, 0.4) is 0 Å². The number of aromatic nitrogens is 3. The Hall–Kier alpha value is -2.50.